The van der Waals surface area contributed by atoms with E-state index in [0.717, 1.165) is 12.8 Å². The van der Waals surface area contributed by atoms with Gasteiger partial charge in [0.05, 0.1) is 5.92 Å². The van der Waals surface area contributed by atoms with Crippen LogP contribution in [0.25, 0.3) is 0 Å². The summed E-state index contributed by atoms with van der Waals surface area (Å²) in [5, 5.41) is 0. The molecule has 0 aromatic heterocycles. The second kappa shape index (κ2) is 2.47. The van der Waals surface area contributed by atoms with Gasteiger partial charge in [-0.2, -0.15) is 0 Å². The van der Waals surface area contributed by atoms with Crippen molar-refractivity contribution in [2.45, 2.75) is 40.5 Å². The topological polar surface area (TPSA) is 34.1 Å². The van der Waals surface area contributed by atoms with Gasteiger partial charge in [0.15, 0.2) is 0 Å². The van der Waals surface area contributed by atoms with Gasteiger partial charge in [0, 0.05) is 5.41 Å². The molecule has 2 saturated carbocycles. The van der Waals surface area contributed by atoms with Crippen LogP contribution < -0.4 is 0 Å². The zero-order valence-electron chi connectivity index (χ0n) is 9.39. The Kier molecular flexibility index (Phi) is 1.74. The third-order valence-electron chi connectivity index (χ3n) is 4.97. The van der Waals surface area contributed by atoms with Crippen molar-refractivity contribution in [1.29, 1.82) is 0 Å². The van der Waals surface area contributed by atoms with Crippen molar-refractivity contribution in [2.75, 3.05) is 0 Å². The summed E-state index contributed by atoms with van der Waals surface area (Å²) in [6.07, 6.45) is 2.01. The fourth-order valence-corrected chi connectivity index (χ4v) is 3.55. The highest BCUT2D eigenvalue weighted by Crippen LogP contribution is 2.65. The van der Waals surface area contributed by atoms with E-state index in [1.165, 1.54) is 0 Å². The van der Waals surface area contributed by atoms with E-state index < -0.39 is 0 Å². The average molecular weight is 194 g/mol. The summed E-state index contributed by atoms with van der Waals surface area (Å²) >= 11 is 0. The Hall–Kier alpha value is -0.660. The first-order chi connectivity index (χ1) is 6.32. The van der Waals surface area contributed by atoms with Gasteiger partial charge in [-0.25, -0.2) is 0 Å². The highest BCUT2D eigenvalue weighted by Gasteiger charge is 2.67. The summed E-state index contributed by atoms with van der Waals surface area (Å²) in [7, 11) is 0. The lowest BCUT2D eigenvalue weighted by molar-refractivity contribution is -0.137. The van der Waals surface area contributed by atoms with Crippen LogP contribution >= 0.6 is 0 Å². The van der Waals surface area contributed by atoms with Gasteiger partial charge >= 0.3 is 0 Å². The van der Waals surface area contributed by atoms with Crippen LogP contribution in [0, 0.1) is 22.7 Å². The number of fused-ring (bicyclic) bond motifs is 2. The molecule has 2 fully saturated rings. The summed E-state index contributed by atoms with van der Waals surface area (Å²) in [6.45, 7) is 7.89. The fraction of sp³-hybridized carbons (Fsp3) is 0.833. The maximum absolute atomic E-state index is 12.1. The SMILES string of the molecule is CC(=O)[C@H]1C(=O)[C@]2(C)CC[C@@H]1C2(C)C. The minimum absolute atomic E-state index is 0.0143. The van der Waals surface area contributed by atoms with E-state index in [1.807, 2.05) is 6.92 Å². The molecule has 0 aromatic rings. The van der Waals surface area contributed by atoms with Crippen molar-refractivity contribution in [3.05, 3.63) is 0 Å². The lowest BCUT2D eigenvalue weighted by Gasteiger charge is -2.32. The normalized spacial score (nSPS) is 44.4. The molecule has 0 radical (unpaired) electrons. The quantitative estimate of drug-likeness (QED) is 0.600. The molecule has 0 spiro atoms. The predicted octanol–water partition coefficient (Wildman–Crippen LogP) is 2.22. The number of carbonyl (C=O) groups is 2. The first-order valence-corrected chi connectivity index (χ1v) is 5.37. The molecule has 2 heteroatoms. The number of hydrogen-bond donors (Lipinski definition) is 0. The van der Waals surface area contributed by atoms with Gasteiger partial charge in [0.1, 0.15) is 11.6 Å². The molecule has 2 aliphatic carbocycles. The highest BCUT2D eigenvalue weighted by molar-refractivity contribution is 6.07. The monoisotopic (exact) mass is 194 g/mol. The molecule has 0 aromatic carbocycles. The molecule has 3 atom stereocenters. The zero-order chi connectivity index (χ0) is 10.7. The number of carbonyl (C=O) groups excluding carboxylic acids is 2. The van der Waals surface area contributed by atoms with Crippen LogP contribution in [0.5, 0.6) is 0 Å². The molecule has 0 heterocycles. The van der Waals surface area contributed by atoms with E-state index >= 15 is 0 Å². The summed E-state index contributed by atoms with van der Waals surface area (Å²) in [5.74, 6) is 0.254. The molecule has 2 bridgehead atoms. The van der Waals surface area contributed by atoms with Gasteiger partial charge in [-0.05, 0) is 31.1 Å². The van der Waals surface area contributed by atoms with Crippen LogP contribution in [0.4, 0.5) is 0 Å². The standard InChI is InChI=1S/C12H18O2/c1-7(13)9-8-5-6-12(4,10(9)14)11(8,2)3/h8-9H,5-6H2,1-4H3/t8-,9+,12-/m0/s1. The van der Waals surface area contributed by atoms with E-state index in [9.17, 15) is 9.59 Å². The van der Waals surface area contributed by atoms with Crippen molar-refractivity contribution >= 4 is 11.6 Å². The van der Waals surface area contributed by atoms with Gasteiger partial charge in [-0.15, -0.1) is 0 Å². The molecule has 0 amide bonds. The smallest absolute Gasteiger partial charge is 0.150 e. The van der Waals surface area contributed by atoms with Crippen molar-refractivity contribution < 1.29 is 9.59 Å². The fourth-order valence-electron chi connectivity index (χ4n) is 3.55. The maximum atomic E-state index is 12.1. The Balaban J connectivity index is 2.49. The Morgan fingerprint density at radius 3 is 2.21 bits per heavy atom. The zero-order valence-corrected chi connectivity index (χ0v) is 9.39. The molecular weight excluding hydrogens is 176 g/mol. The van der Waals surface area contributed by atoms with Crippen molar-refractivity contribution in [1.82, 2.24) is 0 Å². The maximum Gasteiger partial charge on any atom is 0.150 e. The lowest BCUT2D eigenvalue weighted by Crippen LogP contribution is -2.34. The molecule has 0 aliphatic heterocycles. The van der Waals surface area contributed by atoms with Gasteiger partial charge in [0.25, 0.3) is 0 Å². The van der Waals surface area contributed by atoms with Crippen LogP contribution in [0.15, 0.2) is 0 Å². The number of rotatable bonds is 1. The molecule has 78 valence electrons. The van der Waals surface area contributed by atoms with E-state index in [-0.39, 0.29) is 34.2 Å². The molecular formula is C12H18O2. The molecule has 14 heavy (non-hydrogen) atoms. The molecule has 2 nitrogen and oxygen atoms in total. The lowest BCUT2D eigenvalue weighted by atomic mass is 9.70. The minimum Gasteiger partial charge on any atom is -0.299 e. The Bertz CT molecular complexity index is 316. The summed E-state index contributed by atoms with van der Waals surface area (Å²) in [4.78, 5) is 23.6. The van der Waals surface area contributed by atoms with Gasteiger partial charge < -0.3 is 0 Å². The summed E-state index contributed by atoms with van der Waals surface area (Å²) in [6, 6.07) is 0. The van der Waals surface area contributed by atoms with E-state index in [4.69, 9.17) is 0 Å². The third kappa shape index (κ3) is 0.825. The van der Waals surface area contributed by atoms with Crippen LogP contribution in [0.1, 0.15) is 40.5 Å². The average Bonchev–Trinajstić information content (AvgIpc) is 2.35. The Morgan fingerprint density at radius 1 is 1.36 bits per heavy atom. The second-order valence-corrected chi connectivity index (χ2v) is 5.65. The van der Waals surface area contributed by atoms with E-state index in [1.54, 1.807) is 6.92 Å². The largest absolute Gasteiger partial charge is 0.299 e. The van der Waals surface area contributed by atoms with Crippen molar-refractivity contribution in [3.63, 3.8) is 0 Å². The molecule has 2 aliphatic rings. The predicted molar refractivity (Wildman–Crippen MR) is 53.8 cm³/mol. The third-order valence-corrected chi connectivity index (χ3v) is 4.97. The van der Waals surface area contributed by atoms with Gasteiger partial charge in [-0.3, -0.25) is 9.59 Å². The number of ketones is 2. The summed E-state index contributed by atoms with van der Waals surface area (Å²) in [5.41, 5.74) is -0.228. The van der Waals surface area contributed by atoms with Crippen LogP contribution in [-0.2, 0) is 9.59 Å². The molecule has 2 rings (SSSR count). The number of Topliss-reactive ketones (excluding diaryl/α,β-unsaturated/α-hetero) is 2. The van der Waals surface area contributed by atoms with E-state index in [2.05, 4.69) is 13.8 Å². The van der Waals surface area contributed by atoms with Gasteiger partial charge in [-0.1, -0.05) is 20.8 Å². The van der Waals surface area contributed by atoms with Gasteiger partial charge in [0.2, 0.25) is 0 Å². The first-order valence-electron chi connectivity index (χ1n) is 5.37. The Labute approximate surface area is 85.1 Å². The molecule has 0 saturated heterocycles. The molecule has 0 N–H and O–H groups in total. The molecule has 0 unspecified atom stereocenters. The highest BCUT2D eigenvalue weighted by atomic mass is 16.2. The minimum atomic E-state index is -0.302. The van der Waals surface area contributed by atoms with Crippen LogP contribution in [-0.4, -0.2) is 11.6 Å². The van der Waals surface area contributed by atoms with Crippen molar-refractivity contribution in [3.8, 4) is 0 Å². The first kappa shape index (κ1) is 9.88. The second-order valence-electron chi connectivity index (χ2n) is 5.65. The summed E-state index contributed by atoms with van der Waals surface area (Å²) < 4.78 is 0. The van der Waals surface area contributed by atoms with E-state index in [0.29, 0.717) is 0 Å². The Morgan fingerprint density at radius 2 is 1.93 bits per heavy atom. The van der Waals surface area contributed by atoms with Crippen LogP contribution in [0.2, 0.25) is 0 Å². The van der Waals surface area contributed by atoms with Crippen molar-refractivity contribution in [2.24, 2.45) is 22.7 Å². The van der Waals surface area contributed by atoms with Crippen LogP contribution in [0.3, 0.4) is 0 Å². The number of hydrogen-bond acceptors (Lipinski definition) is 2.